The normalized spacial score (nSPS) is 22.9. The quantitative estimate of drug-likeness (QED) is 0.920. The molecule has 1 aromatic heterocycles. The number of H-pyrrole nitrogens is 1. The molecule has 1 saturated heterocycles. The van der Waals surface area contributed by atoms with Crippen molar-refractivity contribution in [2.24, 2.45) is 0 Å². The van der Waals surface area contributed by atoms with Crippen molar-refractivity contribution in [1.29, 1.82) is 0 Å². The average molecular weight is 285 g/mol. The number of imidazole rings is 1. The number of hydrogen-bond donors (Lipinski definition) is 1. The Kier molecular flexibility index (Phi) is 3.28. The van der Waals surface area contributed by atoms with Gasteiger partial charge >= 0.3 is 0 Å². The van der Waals surface area contributed by atoms with E-state index < -0.39 is 0 Å². The maximum atomic E-state index is 4.79. The van der Waals surface area contributed by atoms with Crippen LogP contribution >= 0.6 is 11.8 Å². The molecule has 0 unspecified atom stereocenters. The molecule has 4 rings (SSSR count). The van der Waals surface area contributed by atoms with E-state index in [2.05, 4.69) is 45.9 Å². The van der Waals surface area contributed by atoms with Crippen molar-refractivity contribution in [3.05, 3.63) is 41.7 Å². The number of hydrogen-bond acceptors (Lipinski definition) is 3. The van der Waals surface area contributed by atoms with E-state index in [1.165, 1.54) is 34.9 Å². The van der Waals surface area contributed by atoms with E-state index in [1.54, 1.807) is 0 Å². The van der Waals surface area contributed by atoms with Crippen molar-refractivity contribution < 1.29 is 0 Å². The number of thioether (sulfide) groups is 1. The predicted molar refractivity (Wildman–Crippen MR) is 83.9 cm³/mol. The minimum Gasteiger partial charge on any atom is -0.341 e. The van der Waals surface area contributed by atoms with Gasteiger partial charge in [-0.3, -0.25) is 4.90 Å². The van der Waals surface area contributed by atoms with Crippen LogP contribution in [-0.2, 0) is 13.0 Å². The molecule has 3 nitrogen and oxygen atoms in total. The van der Waals surface area contributed by atoms with Gasteiger partial charge in [-0.1, -0.05) is 30.3 Å². The molecule has 0 saturated carbocycles. The maximum absolute atomic E-state index is 4.79. The van der Waals surface area contributed by atoms with Gasteiger partial charge in [-0.2, -0.15) is 11.8 Å². The van der Waals surface area contributed by atoms with Gasteiger partial charge in [-0.05, 0) is 12.2 Å². The van der Waals surface area contributed by atoms with Gasteiger partial charge in [-0.25, -0.2) is 4.98 Å². The molecule has 20 heavy (non-hydrogen) atoms. The fraction of sp³-hybridized carbons (Fsp3) is 0.438. The Balaban J connectivity index is 1.58. The lowest BCUT2D eigenvalue weighted by molar-refractivity contribution is 0.191. The number of benzene rings is 1. The van der Waals surface area contributed by atoms with Crippen LogP contribution in [0, 0.1) is 0 Å². The van der Waals surface area contributed by atoms with Crippen LogP contribution in [0.4, 0.5) is 0 Å². The van der Waals surface area contributed by atoms with E-state index >= 15 is 0 Å². The summed E-state index contributed by atoms with van der Waals surface area (Å²) in [4.78, 5) is 11.0. The minimum atomic E-state index is 0.775. The van der Waals surface area contributed by atoms with Crippen LogP contribution in [0.1, 0.15) is 17.8 Å². The smallest absolute Gasteiger partial charge is 0.137 e. The zero-order chi connectivity index (χ0) is 13.4. The monoisotopic (exact) mass is 285 g/mol. The second kappa shape index (κ2) is 5.26. The number of rotatable bonds is 2. The lowest BCUT2D eigenvalue weighted by Gasteiger charge is -2.31. The molecule has 0 aliphatic carbocycles. The van der Waals surface area contributed by atoms with Crippen molar-refractivity contribution in [3.63, 3.8) is 0 Å². The summed E-state index contributed by atoms with van der Waals surface area (Å²) in [6.07, 6.45) is 2.43. The van der Waals surface area contributed by atoms with Gasteiger partial charge in [0.15, 0.2) is 0 Å². The number of aromatic nitrogens is 2. The van der Waals surface area contributed by atoms with Crippen LogP contribution in [-0.4, -0.2) is 39.0 Å². The number of nitrogens with zero attached hydrogens (tertiary/aromatic N) is 2. The second-order valence-electron chi connectivity index (χ2n) is 5.61. The molecule has 0 radical (unpaired) electrons. The van der Waals surface area contributed by atoms with Crippen molar-refractivity contribution in [2.75, 3.05) is 18.1 Å². The zero-order valence-electron chi connectivity index (χ0n) is 11.5. The first-order valence-corrected chi connectivity index (χ1v) is 8.50. The van der Waals surface area contributed by atoms with Gasteiger partial charge in [0.1, 0.15) is 5.82 Å². The van der Waals surface area contributed by atoms with Gasteiger partial charge in [0.25, 0.3) is 0 Å². The van der Waals surface area contributed by atoms with Crippen LogP contribution in [0.25, 0.3) is 11.4 Å². The summed E-state index contributed by atoms with van der Waals surface area (Å²) in [6.45, 7) is 2.21. The van der Waals surface area contributed by atoms with Crippen LogP contribution in [0.2, 0.25) is 0 Å². The van der Waals surface area contributed by atoms with Gasteiger partial charge < -0.3 is 4.98 Å². The topological polar surface area (TPSA) is 31.9 Å². The summed E-state index contributed by atoms with van der Waals surface area (Å²) in [7, 11) is 0. The average Bonchev–Trinajstić information content (AvgIpc) is 3.16. The van der Waals surface area contributed by atoms with Gasteiger partial charge in [0.2, 0.25) is 0 Å². The Labute approximate surface area is 123 Å². The summed E-state index contributed by atoms with van der Waals surface area (Å²) in [5, 5.41) is 0. The van der Waals surface area contributed by atoms with Crippen molar-refractivity contribution in [2.45, 2.75) is 25.4 Å². The highest BCUT2D eigenvalue weighted by atomic mass is 32.2. The van der Waals surface area contributed by atoms with Gasteiger partial charge in [0, 0.05) is 36.9 Å². The fourth-order valence-corrected chi connectivity index (χ4v) is 4.42. The van der Waals surface area contributed by atoms with Gasteiger partial charge in [0.05, 0.1) is 11.4 Å². The highest BCUT2D eigenvalue weighted by Crippen LogP contribution is 2.28. The lowest BCUT2D eigenvalue weighted by Crippen LogP contribution is -2.39. The molecule has 1 aromatic carbocycles. The highest BCUT2D eigenvalue weighted by molar-refractivity contribution is 7.99. The number of aromatic amines is 1. The third-order valence-corrected chi connectivity index (χ3v) is 5.48. The van der Waals surface area contributed by atoms with Crippen LogP contribution in [0.5, 0.6) is 0 Å². The van der Waals surface area contributed by atoms with E-state index in [0.29, 0.717) is 0 Å². The Morgan fingerprint density at radius 1 is 1.25 bits per heavy atom. The van der Waals surface area contributed by atoms with Crippen LogP contribution in [0.3, 0.4) is 0 Å². The fourth-order valence-electron chi connectivity index (χ4n) is 3.17. The first-order chi connectivity index (χ1) is 9.90. The standard InChI is InChI=1S/C16H19N3S/c1-2-4-12(5-3-1)16-17-14-6-8-19(10-15(14)18-16)13-7-9-20-11-13/h1-5,13H,6-11H2,(H,17,18)/t13-/m0/s1. The van der Waals surface area contributed by atoms with E-state index in [9.17, 15) is 0 Å². The van der Waals surface area contributed by atoms with Crippen LogP contribution in [0.15, 0.2) is 30.3 Å². The number of fused-ring (bicyclic) bond motifs is 1. The first-order valence-electron chi connectivity index (χ1n) is 7.35. The van der Waals surface area contributed by atoms with E-state index in [-0.39, 0.29) is 0 Å². The van der Waals surface area contributed by atoms with Crippen molar-refractivity contribution in [1.82, 2.24) is 14.9 Å². The Bertz CT molecular complexity index is 587. The summed E-state index contributed by atoms with van der Waals surface area (Å²) in [6, 6.07) is 11.2. The molecular formula is C16H19N3S. The molecule has 3 heterocycles. The molecule has 2 aliphatic heterocycles. The lowest BCUT2D eigenvalue weighted by atomic mass is 10.1. The summed E-state index contributed by atoms with van der Waals surface area (Å²) in [5.74, 6) is 3.65. The predicted octanol–water partition coefficient (Wildman–Crippen LogP) is 2.94. The highest BCUT2D eigenvalue weighted by Gasteiger charge is 2.28. The molecule has 2 aromatic rings. The summed E-state index contributed by atoms with van der Waals surface area (Å²) in [5.41, 5.74) is 3.78. The van der Waals surface area contributed by atoms with Crippen LogP contribution < -0.4 is 0 Å². The first kappa shape index (κ1) is 12.5. The molecule has 4 heteroatoms. The molecule has 0 amide bonds. The molecule has 104 valence electrons. The molecule has 2 aliphatic rings. The summed E-state index contributed by atoms with van der Waals surface area (Å²) < 4.78 is 0. The zero-order valence-corrected chi connectivity index (χ0v) is 12.3. The van der Waals surface area contributed by atoms with E-state index in [1.807, 2.05) is 6.07 Å². The third-order valence-electron chi connectivity index (χ3n) is 4.33. The van der Waals surface area contributed by atoms with Gasteiger partial charge in [-0.15, -0.1) is 0 Å². The minimum absolute atomic E-state index is 0.775. The largest absolute Gasteiger partial charge is 0.341 e. The molecular weight excluding hydrogens is 266 g/mol. The Hall–Kier alpha value is -1.26. The Morgan fingerprint density at radius 2 is 2.15 bits per heavy atom. The molecule has 0 spiro atoms. The van der Waals surface area contributed by atoms with E-state index in [4.69, 9.17) is 4.98 Å². The van der Waals surface area contributed by atoms with Crippen molar-refractivity contribution >= 4 is 11.8 Å². The SMILES string of the molecule is c1ccc(-c2nc3c([nH]2)CN([C@H]2CCSC2)CC3)cc1. The molecule has 1 N–H and O–H groups in total. The molecule has 1 fully saturated rings. The third kappa shape index (κ3) is 2.27. The van der Waals surface area contributed by atoms with Crippen molar-refractivity contribution in [3.8, 4) is 11.4 Å². The molecule has 1 atom stereocenters. The maximum Gasteiger partial charge on any atom is 0.137 e. The number of nitrogens with one attached hydrogen (secondary N) is 1. The van der Waals surface area contributed by atoms with E-state index in [0.717, 1.165) is 31.4 Å². The summed E-state index contributed by atoms with van der Waals surface area (Å²) >= 11 is 2.09. The second-order valence-corrected chi connectivity index (χ2v) is 6.76. The Morgan fingerprint density at radius 3 is 2.95 bits per heavy atom. The molecule has 0 bridgehead atoms.